The summed E-state index contributed by atoms with van der Waals surface area (Å²) in [7, 11) is 0. The molecule has 3 N–H and O–H groups in total. The molecule has 8 nitrogen and oxygen atoms in total. The van der Waals surface area contributed by atoms with E-state index in [1.54, 1.807) is 23.2 Å². The van der Waals surface area contributed by atoms with Crippen LogP contribution in [0.1, 0.15) is 17.5 Å². The Morgan fingerprint density at radius 1 is 1.12 bits per heavy atom. The molecule has 3 amide bonds. The topological polar surface area (TPSA) is 95.6 Å². The van der Waals surface area contributed by atoms with Crippen molar-refractivity contribution in [3.63, 3.8) is 0 Å². The molecule has 1 aliphatic heterocycles. The third kappa shape index (κ3) is 6.58. The number of alkyl halides is 3. The Morgan fingerprint density at radius 2 is 1.88 bits per heavy atom. The average Bonchev–Trinajstić information content (AvgIpc) is 2.75. The lowest BCUT2D eigenvalue weighted by Gasteiger charge is -2.29. The van der Waals surface area contributed by atoms with E-state index in [0.717, 1.165) is 11.6 Å². The highest BCUT2D eigenvalue weighted by Gasteiger charge is 2.35. The van der Waals surface area contributed by atoms with Gasteiger partial charge >= 0.3 is 12.2 Å². The van der Waals surface area contributed by atoms with E-state index in [1.807, 2.05) is 6.92 Å². The van der Waals surface area contributed by atoms with Gasteiger partial charge in [0.15, 0.2) is 0 Å². The second kappa shape index (κ2) is 10.3. The van der Waals surface area contributed by atoms with Gasteiger partial charge in [0.2, 0.25) is 5.91 Å². The molecule has 1 aromatic heterocycles. The minimum Gasteiger partial charge on any atom is -0.378 e. The summed E-state index contributed by atoms with van der Waals surface area (Å²) in [6.45, 7) is 3.67. The molecule has 11 heteroatoms. The molecular weight excluding hydrogens is 427 g/mol. The van der Waals surface area contributed by atoms with Gasteiger partial charge < -0.3 is 25.6 Å². The lowest BCUT2D eigenvalue weighted by atomic mass is 10.1. The van der Waals surface area contributed by atoms with Gasteiger partial charge in [0.1, 0.15) is 5.82 Å². The van der Waals surface area contributed by atoms with Crippen LogP contribution >= 0.6 is 0 Å². The van der Waals surface area contributed by atoms with Gasteiger partial charge in [0.05, 0.1) is 24.5 Å². The van der Waals surface area contributed by atoms with Crippen LogP contribution in [-0.4, -0.2) is 49.8 Å². The number of ether oxygens (including phenoxy) is 1. The number of carbonyl (C=O) groups is 2. The van der Waals surface area contributed by atoms with Gasteiger partial charge in [0.25, 0.3) is 0 Å². The summed E-state index contributed by atoms with van der Waals surface area (Å²) in [5.41, 5.74) is 0.0469. The number of morpholine rings is 1. The Hall–Kier alpha value is -3.34. The summed E-state index contributed by atoms with van der Waals surface area (Å²) < 4.78 is 45.9. The Kier molecular flexibility index (Phi) is 7.52. The number of rotatable bonds is 6. The molecule has 172 valence electrons. The van der Waals surface area contributed by atoms with E-state index in [9.17, 15) is 22.8 Å². The van der Waals surface area contributed by atoms with Crippen LogP contribution in [0, 0.1) is 6.92 Å². The van der Waals surface area contributed by atoms with E-state index in [1.165, 1.54) is 12.1 Å². The molecule has 32 heavy (non-hydrogen) atoms. The van der Waals surface area contributed by atoms with Crippen LogP contribution in [0.2, 0.25) is 0 Å². The Labute approximate surface area is 183 Å². The number of nitrogens with one attached hydrogen (secondary N) is 3. The summed E-state index contributed by atoms with van der Waals surface area (Å²) in [6, 6.07) is 6.36. The molecule has 1 fully saturated rings. The predicted molar refractivity (Wildman–Crippen MR) is 114 cm³/mol. The fourth-order valence-electron chi connectivity index (χ4n) is 3.10. The van der Waals surface area contributed by atoms with E-state index in [4.69, 9.17) is 4.74 Å². The summed E-state index contributed by atoms with van der Waals surface area (Å²) in [6.07, 6.45) is -3.11. The smallest absolute Gasteiger partial charge is 0.378 e. The number of hydrogen-bond donors (Lipinski definition) is 3. The van der Waals surface area contributed by atoms with E-state index < -0.39 is 17.8 Å². The summed E-state index contributed by atoms with van der Waals surface area (Å²) in [4.78, 5) is 29.9. The van der Waals surface area contributed by atoms with Crippen molar-refractivity contribution in [3.05, 3.63) is 47.7 Å². The monoisotopic (exact) mass is 451 g/mol. The first-order valence-corrected chi connectivity index (χ1v) is 10.0. The maximum absolute atomic E-state index is 13.6. The minimum atomic E-state index is -4.65. The number of nitrogens with zero attached hydrogens (tertiary/aromatic N) is 2. The third-order valence-corrected chi connectivity index (χ3v) is 4.75. The predicted octanol–water partition coefficient (Wildman–Crippen LogP) is 3.40. The number of carbonyl (C=O) groups excluding carboxylic acids is 2. The van der Waals surface area contributed by atoms with Crippen molar-refractivity contribution in [1.82, 2.24) is 10.3 Å². The molecule has 1 aromatic carbocycles. The zero-order valence-electron chi connectivity index (χ0n) is 17.5. The molecule has 0 aliphatic carbocycles. The summed E-state index contributed by atoms with van der Waals surface area (Å²) in [5, 5.41) is 7.18. The van der Waals surface area contributed by atoms with Crippen LogP contribution in [0.25, 0.3) is 0 Å². The highest BCUT2D eigenvalue weighted by molar-refractivity contribution is 5.92. The molecule has 0 unspecified atom stereocenters. The number of pyridine rings is 1. The first-order valence-electron chi connectivity index (χ1n) is 10.0. The number of benzene rings is 1. The number of anilines is 3. The Bertz CT molecular complexity index is 945. The molecule has 1 saturated heterocycles. The SMILES string of the molecule is Cc1ccc(NC(=O)CCNC(=O)Nc2ccc(N3CCOCC3)cc2C(F)(F)F)nc1. The normalized spacial score (nSPS) is 14.1. The van der Waals surface area contributed by atoms with Crippen LogP contribution in [0.15, 0.2) is 36.5 Å². The quantitative estimate of drug-likeness (QED) is 0.626. The van der Waals surface area contributed by atoms with Crippen molar-refractivity contribution in [3.8, 4) is 0 Å². The zero-order valence-corrected chi connectivity index (χ0v) is 17.5. The molecule has 1 aliphatic rings. The van der Waals surface area contributed by atoms with Gasteiger partial charge in [-0.1, -0.05) is 6.07 Å². The van der Waals surface area contributed by atoms with Gasteiger partial charge in [-0.3, -0.25) is 4.79 Å². The zero-order chi connectivity index (χ0) is 23.1. The lowest BCUT2D eigenvalue weighted by Crippen LogP contribution is -2.36. The van der Waals surface area contributed by atoms with E-state index >= 15 is 0 Å². The highest BCUT2D eigenvalue weighted by Crippen LogP contribution is 2.37. The van der Waals surface area contributed by atoms with E-state index in [-0.39, 0.29) is 24.6 Å². The van der Waals surface area contributed by atoms with Crippen LogP contribution in [-0.2, 0) is 15.7 Å². The van der Waals surface area contributed by atoms with Crippen LogP contribution in [0.3, 0.4) is 0 Å². The van der Waals surface area contributed by atoms with Crippen molar-refractivity contribution < 1.29 is 27.5 Å². The highest BCUT2D eigenvalue weighted by atomic mass is 19.4. The minimum absolute atomic E-state index is 0.0588. The molecular formula is C21H24F3N5O3. The van der Waals surface area contributed by atoms with Crippen molar-refractivity contribution in [2.24, 2.45) is 0 Å². The fourth-order valence-corrected chi connectivity index (χ4v) is 3.10. The van der Waals surface area contributed by atoms with Crippen LogP contribution < -0.4 is 20.9 Å². The van der Waals surface area contributed by atoms with Gasteiger partial charge in [0, 0.05) is 37.9 Å². The molecule has 2 aromatic rings. The standard InChI is InChI=1S/C21H24F3N5O3/c1-14-2-5-18(26-13-14)28-19(30)6-7-25-20(31)27-17-4-3-15(12-16(17)21(22,23)24)29-8-10-32-11-9-29/h2-5,12-13H,6-11H2,1H3,(H2,25,27,31)(H,26,28,30). The summed E-state index contributed by atoms with van der Waals surface area (Å²) in [5.74, 6) is -0.00674. The fraction of sp³-hybridized carbons (Fsp3) is 0.381. The average molecular weight is 451 g/mol. The molecule has 0 saturated carbocycles. The van der Waals surface area contributed by atoms with Crippen molar-refractivity contribution in [1.29, 1.82) is 0 Å². The van der Waals surface area contributed by atoms with Gasteiger partial charge in [-0.15, -0.1) is 0 Å². The maximum atomic E-state index is 13.6. The molecule has 0 radical (unpaired) electrons. The summed E-state index contributed by atoms with van der Waals surface area (Å²) >= 11 is 0. The molecule has 0 bridgehead atoms. The van der Waals surface area contributed by atoms with Crippen molar-refractivity contribution >= 4 is 29.1 Å². The van der Waals surface area contributed by atoms with Gasteiger partial charge in [-0.25, -0.2) is 9.78 Å². The number of aromatic nitrogens is 1. The van der Waals surface area contributed by atoms with Crippen LogP contribution in [0.5, 0.6) is 0 Å². The van der Waals surface area contributed by atoms with E-state index in [0.29, 0.717) is 37.8 Å². The Balaban J connectivity index is 1.55. The Morgan fingerprint density at radius 3 is 2.53 bits per heavy atom. The number of urea groups is 1. The van der Waals surface area contributed by atoms with Gasteiger partial charge in [-0.05, 0) is 36.8 Å². The number of amides is 3. The van der Waals surface area contributed by atoms with Crippen molar-refractivity contribution in [2.75, 3.05) is 48.4 Å². The van der Waals surface area contributed by atoms with Crippen LogP contribution in [0.4, 0.5) is 35.2 Å². The van der Waals surface area contributed by atoms with Gasteiger partial charge in [-0.2, -0.15) is 13.2 Å². The number of halogens is 3. The largest absolute Gasteiger partial charge is 0.418 e. The first kappa shape index (κ1) is 23.3. The number of aryl methyl sites for hydroxylation is 1. The molecule has 3 rings (SSSR count). The lowest BCUT2D eigenvalue weighted by molar-refractivity contribution is -0.136. The second-order valence-electron chi connectivity index (χ2n) is 7.23. The first-order chi connectivity index (χ1) is 15.2. The number of hydrogen-bond acceptors (Lipinski definition) is 5. The van der Waals surface area contributed by atoms with E-state index in [2.05, 4.69) is 20.9 Å². The molecule has 0 spiro atoms. The van der Waals surface area contributed by atoms with Crippen molar-refractivity contribution in [2.45, 2.75) is 19.5 Å². The molecule has 2 heterocycles. The second-order valence-corrected chi connectivity index (χ2v) is 7.23. The third-order valence-electron chi connectivity index (χ3n) is 4.75. The maximum Gasteiger partial charge on any atom is 0.418 e. The molecule has 0 atom stereocenters.